The Morgan fingerprint density at radius 1 is 1.09 bits per heavy atom. The van der Waals surface area contributed by atoms with Gasteiger partial charge in [0, 0.05) is 11.4 Å². The van der Waals surface area contributed by atoms with E-state index in [1.54, 1.807) is 37.4 Å². The lowest BCUT2D eigenvalue weighted by Gasteiger charge is -2.30. The van der Waals surface area contributed by atoms with Gasteiger partial charge in [-0.15, -0.1) is 0 Å². The third-order valence-corrected chi connectivity index (χ3v) is 5.59. The first-order chi connectivity index (χ1) is 15.5. The van der Waals surface area contributed by atoms with E-state index >= 15 is 0 Å². The molecule has 1 aliphatic rings. The molecule has 0 saturated heterocycles. The second-order valence-corrected chi connectivity index (χ2v) is 7.60. The van der Waals surface area contributed by atoms with E-state index in [0.29, 0.717) is 34.2 Å². The lowest BCUT2D eigenvalue weighted by atomic mass is 9.94. The first-order valence-corrected chi connectivity index (χ1v) is 10.2. The van der Waals surface area contributed by atoms with Gasteiger partial charge in [-0.25, -0.2) is 9.37 Å². The maximum atomic E-state index is 14.2. The smallest absolute Gasteiger partial charge is 0.255 e. The number of methoxy groups -OCH3 is 1. The highest BCUT2D eigenvalue weighted by atomic mass is 19.1. The number of halogens is 1. The molecule has 2 heterocycles. The van der Waals surface area contributed by atoms with Gasteiger partial charge in [0.15, 0.2) is 0 Å². The van der Waals surface area contributed by atoms with Crippen LogP contribution < -0.4 is 15.4 Å². The number of ether oxygens (including phenoxy) is 1. The van der Waals surface area contributed by atoms with E-state index < -0.39 is 6.04 Å². The quantitative estimate of drug-likeness (QED) is 0.474. The van der Waals surface area contributed by atoms with Gasteiger partial charge < -0.3 is 15.4 Å². The Bertz CT molecular complexity index is 1360. The molecule has 0 radical (unpaired) electrons. The number of hydrogen-bond donors (Lipinski definition) is 2. The van der Waals surface area contributed by atoms with E-state index in [0.717, 1.165) is 11.0 Å². The monoisotopic (exact) mass is 428 g/mol. The van der Waals surface area contributed by atoms with Gasteiger partial charge in [0.1, 0.15) is 11.6 Å². The summed E-state index contributed by atoms with van der Waals surface area (Å²) in [5, 5.41) is 6.21. The summed E-state index contributed by atoms with van der Waals surface area (Å²) in [6.45, 7) is 1.83. The second kappa shape index (κ2) is 7.85. The van der Waals surface area contributed by atoms with Crippen LogP contribution >= 0.6 is 0 Å². The minimum absolute atomic E-state index is 0.280. The first-order valence-electron chi connectivity index (χ1n) is 10.2. The van der Waals surface area contributed by atoms with Crippen LogP contribution in [0, 0.1) is 5.82 Å². The number of carbonyl (C=O) groups excluding carboxylic acids is 1. The van der Waals surface area contributed by atoms with Crippen molar-refractivity contribution >= 4 is 28.6 Å². The minimum atomic E-state index is -0.549. The number of nitrogens with zero attached hydrogens (tertiary/aromatic N) is 2. The molecule has 0 saturated carbocycles. The van der Waals surface area contributed by atoms with Crippen molar-refractivity contribution in [1.82, 2.24) is 9.55 Å². The fraction of sp³-hybridized carbons (Fsp3) is 0.120. The summed E-state index contributed by atoms with van der Waals surface area (Å²) < 4.78 is 21.3. The number of imidazole rings is 1. The Morgan fingerprint density at radius 2 is 1.88 bits per heavy atom. The predicted molar refractivity (Wildman–Crippen MR) is 122 cm³/mol. The molecular formula is C25H21FN4O2. The Balaban J connectivity index is 1.63. The van der Waals surface area contributed by atoms with Crippen LogP contribution in [0.1, 0.15) is 18.5 Å². The molecule has 160 valence electrons. The molecule has 5 rings (SSSR count). The largest absolute Gasteiger partial charge is 0.497 e. The second-order valence-electron chi connectivity index (χ2n) is 7.60. The van der Waals surface area contributed by atoms with Crippen LogP contribution in [0.4, 0.5) is 16.0 Å². The van der Waals surface area contributed by atoms with Crippen molar-refractivity contribution in [3.63, 3.8) is 0 Å². The Morgan fingerprint density at radius 3 is 2.62 bits per heavy atom. The molecule has 32 heavy (non-hydrogen) atoms. The van der Waals surface area contributed by atoms with E-state index in [9.17, 15) is 9.18 Å². The van der Waals surface area contributed by atoms with Crippen LogP contribution in [-0.4, -0.2) is 22.6 Å². The zero-order chi connectivity index (χ0) is 22.2. The van der Waals surface area contributed by atoms with E-state index in [-0.39, 0.29) is 11.7 Å². The Kier molecular flexibility index (Phi) is 4.86. The van der Waals surface area contributed by atoms with Crippen LogP contribution in [-0.2, 0) is 4.79 Å². The number of allylic oxidation sites excluding steroid dienone is 1. The summed E-state index contributed by atoms with van der Waals surface area (Å²) >= 11 is 0. The van der Waals surface area contributed by atoms with Gasteiger partial charge in [0.25, 0.3) is 5.91 Å². The van der Waals surface area contributed by atoms with Crippen molar-refractivity contribution in [3.8, 4) is 5.75 Å². The lowest BCUT2D eigenvalue weighted by Crippen LogP contribution is -2.31. The molecule has 0 fully saturated rings. The van der Waals surface area contributed by atoms with Gasteiger partial charge in [-0.2, -0.15) is 0 Å². The fourth-order valence-electron chi connectivity index (χ4n) is 4.12. The summed E-state index contributed by atoms with van der Waals surface area (Å²) in [5.74, 6) is 0.668. The molecule has 0 spiro atoms. The van der Waals surface area contributed by atoms with Gasteiger partial charge in [-0.05, 0) is 61.0 Å². The van der Waals surface area contributed by atoms with E-state index in [4.69, 9.17) is 4.74 Å². The lowest BCUT2D eigenvalue weighted by molar-refractivity contribution is -0.113. The third kappa shape index (κ3) is 3.37. The first kappa shape index (κ1) is 19.8. The fourth-order valence-corrected chi connectivity index (χ4v) is 4.12. The predicted octanol–water partition coefficient (Wildman–Crippen LogP) is 5.11. The highest BCUT2D eigenvalue weighted by Gasteiger charge is 2.34. The molecule has 1 aliphatic heterocycles. The Hall–Kier alpha value is -4.13. The number of aromatic nitrogens is 2. The summed E-state index contributed by atoms with van der Waals surface area (Å²) in [6.07, 6.45) is 0. The highest BCUT2D eigenvalue weighted by molar-refractivity contribution is 6.06. The number of hydrogen-bond acceptors (Lipinski definition) is 4. The molecule has 0 bridgehead atoms. The number of benzene rings is 3. The normalized spacial score (nSPS) is 15.3. The maximum Gasteiger partial charge on any atom is 0.255 e. The van der Waals surface area contributed by atoms with Crippen LogP contribution in [0.5, 0.6) is 5.75 Å². The molecule has 7 heteroatoms. The standard InChI is InChI=1S/C25H21FN4O2/c1-15-22(24(31)28-18-10-12-19(32-2)13-11-18)23(16-6-5-7-17(26)14-16)30-21-9-4-3-8-20(21)29-25(30)27-15/h3-14,23H,1-2H3,(H,27,29)(H,28,31). The zero-order valence-electron chi connectivity index (χ0n) is 17.6. The average Bonchev–Trinajstić information content (AvgIpc) is 3.16. The molecule has 3 aromatic carbocycles. The van der Waals surface area contributed by atoms with Crippen molar-refractivity contribution in [3.05, 3.63) is 95.4 Å². The van der Waals surface area contributed by atoms with Gasteiger partial charge in [-0.1, -0.05) is 24.3 Å². The highest BCUT2D eigenvalue weighted by Crippen LogP contribution is 2.39. The number of rotatable bonds is 4. The molecule has 2 N–H and O–H groups in total. The van der Waals surface area contributed by atoms with E-state index in [1.807, 2.05) is 41.8 Å². The van der Waals surface area contributed by atoms with Crippen molar-refractivity contribution in [2.75, 3.05) is 17.7 Å². The molecule has 1 atom stereocenters. The summed E-state index contributed by atoms with van der Waals surface area (Å²) in [5.41, 5.74) is 4.09. The number of anilines is 2. The zero-order valence-corrected chi connectivity index (χ0v) is 17.6. The minimum Gasteiger partial charge on any atom is -0.497 e. The summed E-state index contributed by atoms with van der Waals surface area (Å²) in [4.78, 5) is 18.2. The molecule has 1 unspecified atom stereocenters. The number of carbonyl (C=O) groups is 1. The number of para-hydroxylation sites is 2. The summed E-state index contributed by atoms with van der Waals surface area (Å²) in [7, 11) is 1.59. The maximum absolute atomic E-state index is 14.2. The average molecular weight is 428 g/mol. The molecule has 1 aromatic heterocycles. The molecular weight excluding hydrogens is 407 g/mol. The summed E-state index contributed by atoms with van der Waals surface area (Å²) in [6, 6.07) is 20.6. The van der Waals surface area contributed by atoms with Crippen molar-refractivity contribution in [2.45, 2.75) is 13.0 Å². The molecule has 1 amide bonds. The third-order valence-electron chi connectivity index (χ3n) is 5.59. The van der Waals surface area contributed by atoms with Crippen molar-refractivity contribution in [1.29, 1.82) is 0 Å². The SMILES string of the molecule is COc1ccc(NC(=O)C2=C(C)Nc3nc4ccccc4n3C2c2cccc(F)c2)cc1. The van der Waals surface area contributed by atoms with E-state index in [2.05, 4.69) is 15.6 Å². The van der Waals surface area contributed by atoms with Crippen LogP contribution in [0.25, 0.3) is 11.0 Å². The van der Waals surface area contributed by atoms with Crippen LogP contribution in [0.2, 0.25) is 0 Å². The van der Waals surface area contributed by atoms with Gasteiger partial charge in [0.2, 0.25) is 5.95 Å². The van der Waals surface area contributed by atoms with Gasteiger partial charge in [0.05, 0.1) is 29.8 Å². The van der Waals surface area contributed by atoms with Gasteiger partial charge >= 0.3 is 0 Å². The van der Waals surface area contributed by atoms with Crippen LogP contribution in [0.15, 0.2) is 84.1 Å². The van der Waals surface area contributed by atoms with Crippen molar-refractivity contribution < 1.29 is 13.9 Å². The van der Waals surface area contributed by atoms with Crippen molar-refractivity contribution in [2.24, 2.45) is 0 Å². The molecule has 0 aliphatic carbocycles. The van der Waals surface area contributed by atoms with E-state index in [1.165, 1.54) is 12.1 Å². The topological polar surface area (TPSA) is 68.2 Å². The Labute approximate surface area is 184 Å². The molecule has 6 nitrogen and oxygen atoms in total. The number of amides is 1. The van der Waals surface area contributed by atoms with Crippen LogP contribution in [0.3, 0.4) is 0 Å². The number of fused-ring (bicyclic) bond motifs is 3. The molecule has 4 aromatic rings. The van der Waals surface area contributed by atoms with Gasteiger partial charge in [-0.3, -0.25) is 9.36 Å². The number of nitrogens with one attached hydrogen (secondary N) is 2.